The summed E-state index contributed by atoms with van der Waals surface area (Å²) in [5.41, 5.74) is 5.64. The smallest absolute Gasteiger partial charge is 0.242 e. The fourth-order valence-electron chi connectivity index (χ4n) is 2.44. The molecule has 5 nitrogen and oxygen atoms in total. The lowest BCUT2D eigenvalue weighted by atomic mass is 9.97. The van der Waals surface area contributed by atoms with E-state index < -0.39 is 0 Å². The van der Waals surface area contributed by atoms with Gasteiger partial charge in [0.05, 0.1) is 0 Å². The molecule has 0 spiro atoms. The van der Waals surface area contributed by atoms with Crippen LogP contribution < -0.4 is 16.4 Å². The van der Waals surface area contributed by atoms with Crippen molar-refractivity contribution >= 4 is 11.8 Å². The van der Waals surface area contributed by atoms with Crippen molar-refractivity contribution in [2.75, 3.05) is 6.54 Å². The molecule has 0 saturated heterocycles. The minimum atomic E-state index is -0.377. The van der Waals surface area contributed by atoms with E-state index in [0.717, 1.165) is 32.1 Å². The molecule has 1 rings (SSSR count). The Labute approximate surface area is 109 Å². The molecule has 1 saturated carbocycles. The first-order valence-corrected chi connectivity index (χ1v) is 6.81. The highest BCUT2D eigenvalue weighted by molar-refractivity contribution is 5.87. The van der Waals surface area contributed by atoms with Crippen molar-refractivity contribution in [3.05, 3.63) is 0 Å². The van der Waals surface area contributed by atoms with Crippen LogP contribution in [-0.4, -0.2) is 30.4 Å². The van der Waals surface area contributed by atoms with Crippen LogP contribution in [0.2, 0.25) is 0 Å². The predicted molar refractivity (Wildman–Crippen MR) is 70.8 cm³/mol. The predicted octanol–water partition coefficient (Wildman–Crippen LogP) is 0.535. The Bertz CT molecular complexity index is 286. The lowest BCUT2D eigenvalue weighted by molar-refractivity contribution is -0.129. The van der Waals surface area contributed by atoms with E-state index in [1.165, 1.54) is 6.92 Å². The molecule has 1 fully saturated rings. The van der Waals surface area contributed by atoms with Crippen molar-refractivity contribution in [1.82, 2.24) is 10.6 Å². The summed E-state index contributed by atoms with van der Waals surface area (Å²) in [6.07, 6.45) is 5.09. The van der Waals surface area contributed by atoms with Gasteiger partial charge in [0.15, 0.2) is 0 Å². The molecule has 104 valence electrons. The summed E-state index contributed by atoms with van der Waals surface area (Å²) < 4.78 is 0. The molecule has 0 radical (unpaired) electrons. The van der Waals surface area contributed by atoms with Crippen molar-refractivity contribution in [1.29, 1.82) is 0 Å². The molecular weight excluding hydrogens is 230 g/mol. The minimum Gasteiger partial charge on any atom is -0.354 e. The highest BCUT2D eigenvalue weighted by Crippen LogP contribution is 2.27. The molecule has 0 aromatic rings. The van der Waals surface area contributed by atoms with Crippen LogP contribution in [-0.2, 0) is 9.59 Å². The van der Waals surface area contributed by atoms with Gasteiger partial charge < -0.3 is 16.4 Å². The third-order valence-corrected chi connectivity index (χ3v) is 3.41. The molecule has 2 amide bonds. The van der Waals surface area contributed by atoms with E-state index in [4.69, 9.17) is 5.73 Å². The van der Waals surface area contributed by atoms with E-state index in [1.54, 1.807) is 0 Å². The van der Waals surface area contributed by atoms with Crippen LogP contribution in [0.4, 0.5) is 0 Å². The molecule has 1 aliphatic rings. The van der Waals surface area contributed by atoms with Crippen molar-refractivity contribution in [3.8, 4) is 0 Å². The van der Waals surface area contributed by atoms with Gasteiger partial charge in [-0.05, 0) is 32.1 Å². The molecule has 2 atom stereocenters. The Morgan fingerprint density at radius 3 is 2.44 bits per heavy atom. The first-order chi connectivity index (χ1) is 8.50. The van der Waals surface area contributed by atoms with Crippen LogP contribution in [0.3, 0.4) is 0 Å². The van der Waals surface area contributed by atoms with E-state index in [0.29, 0.717) is 6.54 Å². The summed E-state index contributed by atoms with van der Waals surface area (Å²) >= 11 is 0. The molecule has 5 heteroatoms. The standard InChI is InChI=1S/C13H25N3O2/c1-9(14)7-8-15-13(18)12(16-10(2)17)11-5-3-4-6-11/h9,11-12H,3-8,14H2,1-2H3,(H,15,18)(H,16,17). The van der Waals surface area contributed by atoms with Gasteiger partial charge in [0, 0.05) is 19.5 Å². The van der Waals surface area contributed by atoms with Gasteiger partial charge in [0.1, 0.15) is 6.04 Å². The highest BCUT2D eigenvalue weighted by Gasteiger charge is 2.30. The zero-order chi connectivity index (χ0) is 13.5. The van der Waals surface area contributed by atoms with E-state index in [1.807, 2.05) is 6.92 Å². The summed E-state index contributed by atoms with van der Waals surface area (Å²) in [6, 6.07) is -0.297. The summed E-state index contributed by atoms with van der Waals surface area (Å²) in [7, 11) is 0. The topological polar surface area (TPSA) is 84.2 Å². The molecule has 2 unspecified atom stereocenters. The van der Waals surface area contributed by atoms with Gasteiger partial charge in [-0.1, -0.05) is 12.8 Å². The summed E-state index contributed by atoms with van der Waals surface area (Å²) in [5, 5.41) is 5.64. The maximum Gasteiger partial charge on any atom is 0.242 e. The largest absolute Gasteiger partial charge is 0.354 e. The molecule has 18 heavy (non-hydrogen) atoms. The lowest BCUT2D eigenvalue weighted by Gasteiger charge is -2.23. The Kier molecular flexibility index (Phi) is 6.12. The lowest BCUT2D eigenvalue weighted by Crippen LogP contribution is -2.50. The average Bonchev–Trinajstić information content (AvgIpc) is 2.78. The van der Waals surface area contributed by atoms with Gasteiger partial charge in [0.2, 0.25) is 11.8 Å². The maximum absolute atomic E-state index is 12.1. The monoisotopic (exact) mass is 255 g/mol. The number of carbonyl (C=O) groups excluding carboxylic acids is 2. The Hall–Kier alpha value is -1.10. The molecule has 4 N–H and O–H groups in total. The van der Waals surface area contributed by atoms with E-state index in [2.05, 4.69) is 10.6 Å². The number of carbonyl (C=O) groups is 2. The van der Waals surface area contributed by atoms with Crippen LogP contribution in [0.5, 0.6) is 0 Å². The quantitative estimate of drug-likeness (QED) is 0.647. The molecule has 0 heterocycles. The minimum absolute atomic E-state index is 0.0715. The van der Waals surface area contributed by atoms with Gasteiger partial charge in [0.25, 0.3) is 0 Å². The third-order valence-electron chi connectivity index (χ3n) is 3.41. The summed E-state index contributed by atoms with van der Waals surface area (Å²) in [4.78, 5) is 23.3. The number of nitrogens with one attached hydrogen (secondary N) is 2. The van der Waals surface area contributed by atoms with Crippen LogP contribution in [0.25, 0.3) is 0 Å². The number of hydrogen-bond acceptors (Lipinski definition) is 3. The zero-order valence-corrected chi connectivity index (χ0v) is 11.4. The first kappa shape index (κ1) is 15.0. The summed E-state index contributed by atoms with van der Waals surface area (Å²) in [6.45, 7) is 3.94. The number of nitrogens with two attached hydrogens (primary N) is 1. The van der Waals surface area contributed by atoms with Crippen LogP contribution in [0, 0.1) is 5.92 Å². The first-order valence-electron chi connectivity index (χ1n) is 6.81. The normalized spacial score (nSPS) is 19.3. The van der Waals surface area contributed by atoms with Crippen molar-refractivity contribution < 1.29 is 9.59 Å². The Balaban J connectivity index is 2.47. The van der Waals surface area contributed by atoms with Gasteiger partial charge in [-0.15, -0.1) is 0 Å². The molecule has 0 aromatic heterocycles. The van der Waals surface area contributed by atoms with Gasteiger partial charge in [-0.25, -0.2) is 0 Å². The second-order valence-corrected chi connectivity index (χ2v) is 5.28. The molecule has 0 aromatic carbocycles. The summed E-state index contributed by atoms with van der Waals surface area (Å²) in [5.74, 6) is 0.0659. The van der Waals surface area contributed by atoms with Crippen molar-refractivity contribution in [2.24, 2.45) is 11.7 Å². The Morgan fingerprint density at radius 1 is 1.33 bits per heavy atom. The van der Waals surface area contributed by atoms with Crippen molar-refractivity contribution in [2.45, 2.75) is 58.0 Å². The van der Waals surface area contributed by atoms with Gasteiger partial charge in [-0.2, -0.15) is 0 Å². The third kappa shape index (κ3) is 5.04. The number of rotatable bonds is 6. The number of amides is 2. The fourth-order valence-corrected chi connectivity index (χ4v) is 2.44. The van der Waals surface area contributed by atoms with Crippen LogP contribution >= 0.6 is 0 Å². The Morgan fingerprint density at radius 2 is 1.94 bits per heavy atom. The van der Waals surface area contributed by atoms with E-state index >= 15 is 0 Å². The maximum atomic E-state index is 12.1. The fraction of sp³-hybridized carbons (Fsp3) is 0.846. The molecular formula is C13H25N3O2. The van der Waals surface area contributed by atoms with Gasteiger partial charge in [-0.3, -0.25) is 9.59 Å². The molecule has 1 aliphatic carbocycles. The van der Waals surface area contributed by atoms with Crippen LogP contribution in [0.15, 0.2) is 0 Å². The molecule has 0 bridgehead atoms. The van der Waals surface area contributed by atoms with Gasteiger partial charge >= 0.3 is 0 Å². The average molecular weight is 255 g/mol. The SMILES string of the molecule is CC(=O)NC(C(=O)NCCC(C)N)C1CCCC1. The second kappa shape index (κ2) is 7.36. The highest BCUT2D eigenvalue weighted by atomic mass is 16.2. The zero-order valence-electron chi connectivity index (χ0n) is 11.4. The van der Waals surface area contributed by atoms with Crippen LogP contribution in [0.1, 0.15) is 46.0 Å². The van der Waals surface area contributed by atoms with Crippen molar-refractivity contribution in [3.63, 3.8) is 0 Å². The molecule has 0 aliphatic heterocycles. The van der Waals surface area contributed by atoms with E-state index in [-0.39, 0.29) is 29.8 Å². The van der Waals surface area contributed by atoms with E-state index in [9.17, 15) is 9.59 Å². The number of hydrogen-bond donors (Lipinski definition) is 3. The second-order valence-electron chi connectivity index (χ2n) is 5.28.